The Balaban J connectivity index is 3.35. The number of esters is 1. The van der Waals surface area contributed by atoms with Crippen molar-refractivity contribution in [3.8, 4) is 0 Å². The van der Waals surface area contributed by atoms with Gasteiger partial charge in [0, 0.05) is 12.8 Å². The van der Waals surface area contributed by atoms with Gasteiger partial charge in [0.1, 0.15) is 0 Å². The van der Waals surface area contributed by atoms with Crippen LogP contribution in [0.1, 0.15) is 489 Å². The molecule has 92 heavy (non-hydrogen) atoms. The number of aliphatic hydroxyl groups excluding tert-OH is 2. The van der Waals surface area contributed by atoms with Gasteiger partial charge in [-0.2, -0.15) is 0 Å². The standard InChI is InChI=1S/C86H167NO5/c1-3-5-7-9-11-13-15-17-19-20-21-22-42-45-48-51-54-58-62-66-70-74-78-84(89)83(82-88)87-85(90)79-75-71-67-63-59-55-52-49-46-43-40-38-36-34-32-30-28-26-24-23-25-27-29-31-33-35-37-39-41-44-47-50-53-57-61-65-69-73-77-81-92-86(91)80-76-72-68-64-60-56-18-16-14-12-10-8-6-4-2/h23-24,27,29,83-84,88-89H,3-22,25-26,28,30-82H2,1-2H3,(H,87,90)/b24-23-,29-27-. The molecule has 0 spiro atoms. The van der Waals surface area contributed by atoms with Crippen LogP contribution < -0.4 is 5.32 Å². The van der Waals surface area contributed by atoms with Crippen molar-refractivity contribution >= 4 is 11.9 Å². The number of hydrogen-bond donors (Lipinski definition) is 3. The predicted molar refractivity (Wildman–Crippen MR) is 407 cm³/mol. The van der Waals surface area contributed by atoms with Crippen LogP contribution >= 0.6 is 0 Å². The first kappa shape index (κ1) is 90.3. The van der Waals surface area contributed by atoms with Gasteiger partial charge in [0.2, 0.25) is 5.91 Å². The molecule has 0 fully saturated rings. The van der Waals surface area contributed by atoms with Gasteiger partial charge in [-0.15, -0.1) is 0 Å². The van der Waals surface area contributed by atoms with E-state index in [-0.39, 0.29) is 18.5 Å². The number of rotatable bonds is 81. The molecule has 546 valence electrons. The maximum absolute atomic E-state index is 12.6. The minimum atomic E-state index is -0.663. The lowest BCUT2D eigenvalue weighted by atomic mass is 10.0. The van der Waals surface area contributed by atoms with Crippen molar-refractivity contribution < 1.29 is 24.5 Å². The van der Waals surface area contributed by atoms with E-state index < -0.39 is 12.1 Å². The van der Waals surface area contributed by atoms with Crippen LogP contribution in [-0.2, 0) is 14.3 Å². The van der Waals surface area contributed by atoms with Gasteiger partial charge in [-0.25, -0.2) is 0 Å². The Hall–Kier alpha value is -1.66. The van der Waals surface area contributed by atoms with Gasteiger partial charge in [-0.1, -0.05) is 443 Å². The van der Waals surface area contributed by atoms with Gasteiger partial charge in [-0.3, -0.25) is 9.59 Å². The van der Waals surface area contributed by atoms with E-state index in [1.165, 1.54) is 411 Å². The summed E-state index contributed by atoms with van der Waals surface area (Å²) >= 11 is 0. The van der Waals surface area contributed by atoms with Crippen molar-refractivity contribution in [1.82, 2.24) is 5.32 Å². The molecular weight excluding hydrogens is 1130 g/mol. The van der Waals surface area contributed by atoms with Crippen molar-refractivity contribution in [2.75, 3.05) is 13.2 Å². The van der Waals surface area contributed by atoms with Crippen LogP contribution in [-0.4, -0.2) is 47.4 Å². The third-order valence-electron chi connectivity index (χ3n) is 20.3. The van der Waals surface area contributed by atoms with Crippen molar-refractivity contribution in [3.63, 3.8) is 0 Å². The van der Waals surface area contributed by atoms with E-state index in [9.17, 15) is 19.8 Å². The van der Waals surface area contributed by atoms with Crippen molar-refractivity contribution in [2.24, 2.45) is 0 Å². The molecule has 0 aliphatic rings. The van der Waals surface area contributed by atoms with E-state index in [2.05, 4.69) is 43.5 Å². The van der Waals surface area contributed by atoms with E-state index in [0.717, 1.165) is 44.9 Å². The zero-order valence-corrected chi connectivity index (χ0v) is 62.8. The SMILES string of the molecule is CCCCCCCCCCCCCCCCCCCCCCCCC(O)C(CO)NC(=O)CCCCCCCCCCCCCCCCCCC/C=C\C/C=C\CCCCCCCCCCCCCCCCCOC(=O)CCCCCCCCCCCCCCCC. The number of hydrogen-bond acceptors (Lipinski definition) is 5. The number of ether oxygens (including phenoxy) is 1. The number of allylic oxidation sites excluding steroid dienone is 4. The van der Waals surface area contributed by atoms with E-state index in [1.54, 1.807) is 0 Å². The molecule has 0 aromatic carbocycles. The van der Waals surface area contributed by atoms with Crippen LogP contribution in [0.3, 0.4) is 0 Å². The molecule has 0 heterocycles. The minimum Gasteiger partial charge on any atom is -0.466 e. The zero-order valence-electron chi connectivity index (χ0n) is 62.8. The molecule has 1 amide bonds. The second kappa shape index (κ2) is 81.8. The van der Waals surface area contributed by atoms with Gasteiger partial charge < -0.3 is 20.3 Å². The molecule has 0 rings (SSSR count). The van der Waals surface area contributed by atoms with Crippen LogP contribution in [0.25, 0.3) is 0 Å². The van der Waals surface area contributed by atoms with Crippen molar-refractivity contribution in [2.45, 2.75) is 501 Å². The molecule has 0 bridgehead atoms. The molecule has 3 N–H and O–H groups in total. The predicted octanol–water partition coefficient (Wildman–Crippen LogP) is 28.4. The molecule has 0 saturated heterocycles. The summed E-state index contributed by atoms with van der Waals surface area (Å²) in [5.74, 6) is -0.00233. The fraction of sp³-hybridized carbons (Fsp3) is 0.930. The summed E-state index contributed by atoms with van der Waals surface area (Å²) in [6, 6.07) is -0.540. The number of carbonyl (C=O) groups excluding carboxylic acids is 2. The lowest BCUT2D eigenvalue weighted by Crippen LogP contribution is -2.45. The monoisotopic (exact) mass is 1290 g/mol. The summed E-state index contributed by atoms with van der Waals surface area (Å²) in [4.78, 5) is 24.7. The largest absolute Gasteiger partial charge is 0.466 e. The van der Waals surface area contributed by atoms with E-state index in [1.807, 2.05) is 0 Å². The Morgan fingerprint density at radius 2 is 0.543 bits per heavy atom. The molecule has 0 radical (unpaired) electrons. The number of nitrogens with one attached hydrogen (secondary N) is 1. The summed E-state index contributed by atoms with van der Waals surface area (Å²) in [7, 11) is 0. The summed E-state index contributed by atoms with van der Waals surface area (Å²) in [5, 5.41) is 23.5. The fourth-order valence-corrected chi connectivity index (χ4v) is 13.8. The first-order valence-electron chi connectivity index (χ1n) is 42.6. The molecule has 0 aliphatic carbocycles. The second-order valence-electron chi connectivity index (χ2n) is 29.5. The fourth-order valence-electron chi connectivity index (χ4n) is 13.8. The Morgan fingerprint density at radius 3 is 0.826 bits per heavy atom. The first-order valence-corrected chi connectivity index (χ1v) is 42.6. The van der Waals surface area contributed by atoms with E-state index >= 15 is 0 Å². The lowest BCUT2D eigenvalue weighted by Gasteiger charge is -2.22. The molecule has 0 aliphatic heterocycles. The number of amides is 1. The topological polar surface area (TPSA) is 95.9 Å². The molecule has 0 aromatic rings. The summed E-state index contributed by atoms with van der Waals surface area (Å²) in [6.07, 6.45) is 106. The maximum Gasteiger partial charge on any atom is 0.305 e. The summed E-state index contributed by atoms with van der Waals surface area (Å²) in [6.45, 7) is 5.02. The normalized spacial score (nSPS) is 12.5. The number of aliphatic hydroxyl groups is 2. The van der Waals surface area contributed by atoms with Gasteiger partial charge in [0.25, 0.3) is 0 Å². The molecular formula is C86H167NO5. The molecule has 6 nitrogen and oxygen atoms in total. The molecule has 6 heteroatoms. The Kier molecular flexibility index (Phi) is 80.3. The van der Waals surface area contributed by atoms with Gasteiger partial charge in [0.15, 0.2) is 0 Å². The van der Waals surface area contributed by atoms with Gasteiger partial charge in [-0.05, 0) is 57.8 Å². The molecule has 2 atom stereocenters. The minimum absolute atomic E-state index is 0.0237. The lowest BCUT2D eigenvalue weighted by molar-refractivity contribution is -0.143. The average molecular weight is 1300 g/mol. The third kappa shape index (κ3) is 77.3. The molecule has 0 saturated carbocycles. The van der Waals surface area contributed by atoms with Crippen LogP contribution in [0.5, 0.6) is 0 Å². The Labute approximate surface area is 577 Å². The third-order valence-corrected chi connectivity index (χ3v) is 20.3. The Morgan fingerprint density at radius 1 is 0.304 bits per heavy atom. The van der Waals surface area contributed by atoms with E-state index in [4.69, 9.17) is 4.74 Å². The average Bonchev–Trinajstić information content (AvgIpc) is 3.63. The smallest absolute Gasteiger partial charge is 0.305 e. The van der Waals surface area contributed by atoms with Gasteiger partial charge >= 0.3 is 5.97 Å². The van der Waals surface area contributed by atoms with Crippen molar-refractivity contribution in [1.29, 1.82) is 0 Å². The quantitative estimate of drug-likeness (QED) is 0.0320. The zero-order chi connectivity index (χ0) is 66.3. The maximum atomic E-state index is 12.6. The summed E-state index contributed by atoms with van der Waals surface area (Å²) < 4.78 is 5.50. The van der Waals surface area contributed by atoms with Crippen molar-refractivity contribution in [3.05, 3.63) is 24.3 Å². The van der Waals surface area contributed by atoms with Gasteiger partial charge in [0.05, 0.1) is 25.4 Å². The highest BCUT2D eigenvalue weighted by Crippen LogP contribution is 2.21. The molecule has 2 unspecified atom stereocenters. The number of carbonyl (C=O) groups is 2. The Bertz CT molecular complexity index is 1450. The molecule has 0 aromatic heterocycles. The van der Waals surface area contributed by atoms with E-state index in [0.29, 0.717) is 25.9 Å². The second-order valence-corrected chi connectivity index (χ2v) is 29.5. The summed E-state index contributed by atoms with van der Waals surface area (Å²) in [5.41, 5.74) is 0. The number of unbranched alkanes of at least 4 members (excludes halogenated alkanes) is 66. The first-order chi connectivity index (χ1) is 45.5. The van der Waals surface area contributed by atoms with Crippen LogP contribution in [0.4, 0.5) is 0 Å². The van der Waals surface area contributed by atoms with Crippen LogP contribution in [0.2, 0.25) is 0 Å². The van der Waals surface area contributed by atoms with Crippen LogP contribution in [0.15, 0.2) is 24.3 Å². The highest BCUT2D eigenvalue weighted by molar-refractivity contribution is 5.76. The highest BCUT2D eigenvalue weighted by Gasteiger charge is 2.20. The highest BCUT2D eigenvalue weighted by atomic mass is 16.5. The van der Waals surface area contributed by atoms with Crippen LogP contribution in [0, 0.1) is 0 Å².